The Balaban J connectivity index is 2.26. The second kappa shape index (κ2) is 4.49. The Labute approximate surface area is 102 Å². The van der Waals surface area contributed by atoms with Gasteiger partial charge in [0.1, 0.15) is 5.75 Å². The van der Waals surface area contributed by atoms with Gasteiger partial charge in [-0.3, -0.25) is 4.79 Å². The molecule has 0 amide bonds. The SMILES string of the molecule is CC(C)(CCN)C(=O)c1ccc2c(c1)CCO2. The molecule has 1 aromatic rings. The summed E-state index contributed by atoms with van der Waals surface area (Å²) in [5.74, 6) is 1.08. The van der Waals surface area contributed by atoms with Gasteiger partial charge in [-0.05, 0) is 36.7 Å². The van der Waals surface area contributed by atoms with Gasteiger partial charge in [0.05, 0.1) is 6.61 Å². The van der Waals surface area contributed by atoms with E-state index in [2.05, 4.69) is 0 Å². The van der Waals surface area contributed by atoms with Crippen LogP contribution in [0.5, 0.6) is 5.75 Å². The molecule has 0 aliphatic carbocycles. The van der Waals surface area contributed by atoms with Gasteiger partial charge in [0.2, 0.25) is 0 Å². The molecule has 0 aromatic heterocycles. The first-order valence-corrected chi connectivity index (χ1v) is 6.05. The lowest BCUT2D eigenvalue weighted by Gasteiger charge is -2.22. The fourth-order valence-corrected chi connectivity index (χ4v) is 2.19. The van der Waals surface area contributed by atoms with E-state index in [-0.39, 0.29) is 11.2 Å². The zero-order valence-corrected chi connectivity index (χ0v) is 10.5. The Morgan fingerprint density at radius 2 is 2.24 bits per heavy atom. The Bertz CT molecular complexity index is 438. The third-order valence-electron chi connectivity index (χ3n) is 3.34. The van der Waals surface area contributed by atoms with E-state index in [1.54, 1.807) is 0 Å². The van der Waals surface area contributed by atoms with Gasteiger partial charge < -0.3 is 10.5 Å². The monoisotopic (exact) mass is 233 g/mol. The molecule has 0 radical (unpaired) electrons. The summed E-state index contributed by atoms with van der Waals surface area (Å²) in [5, 5.41) is 0. The first kappa shape index (κ1) is 12.1. The molecule has 0 fully saturated rings. The molecule has 17 heavy (non-hydrogen) atoms. The number of nitrogens with two attached hydrogens (primary N) is 1. The molecule has 0 atom stereocenters. The molecule has 2 rings (SSSR count). The van der Waals surface area contributed by atoms with Crippen molar-refractivity contribution in [1.82, 2.24) is 0 Å². The summed E-state index contributed by atoms with van der Waals surface area (Å²) < 4.78 is 5.43. The van der Waals surface area contributed by atoms with E-state index in [0.29, 0.717) is 13.0 Å². The minimum absolute atomic E-state index is 0.164. The standard InChI is InChI=1S/C14H19NO2/c1-14(2,6-7-15)13(16)11-3-4-12-10(9-11)5-8-17-12/h3-4,9H,5-8,15H2,1-2H3. The molecule has 1 heterocycles. The Morgan fingerprint density at radius 1 is 1.47 bits per heavy atom. The average Bonchev–Trinajstić information content (AvgIpc) is 2.74. The van der Waals surface area contributed by atoms with Gasteiger partial charge in [-0.2, -0.15) is 0 Å². The maximum atomic E-state index is 12.4. The topological polar surface area (TPSA) is 52.3 Å². The van der Waals surface area contributed by atoms with Crippen molar-refractivity contribution in [3.8, 4) is 5.75 Å². The largest absolute Gasteiger partial charge is 0.493 e. The molecule has 3 heteroatoms. The molecule has 2 N–H and O–H groups in total. The van der Waals surface area contributed by atoms with Crippen LogP contribution < -0.4 is 10.5 Å². The second-order valence-corrected chi connectivity index (χ2v) is 5.17. The van der Waals surface area contributed by atoms with Crippen LogP contribution >= 0.6 is 0 Å². The Morgan fingerprint density at radius 3 is 2.94 bits per heavy atom. The minimum atomic E-state index is -0.386. The van der Waals surface area contributed by atoms with E-state index >= 15 is 0 Å². The quantitative estimate of drug-likeness (QED) is 0.811. The summed E-state index contributed by atoms with van der Waals surface area (Å²) in [5.41, 5.74) is 7.07. The number of benzene rings is 1. The van der Waals surface area contributed by atoms with Crippen LogP contribution in [0.2, 0.25) is 0 Å². The first-order valence-electron chi connectivity index (χ1n) is 6.05. The number of fused-ring (bicyclic) bond motifs is 1. The van der Waals surface area contributed by atoms with Crippen LogP contribution in [0.25, 0.3) is 0 Å². The van der Waals surface area contributed by atoms with Crippen molar-refractivity contribution in [1.29, 1.82) is 0 Å². The van der Waals surface area contributed by atoms with Crippen molar-refractivity contribution in [3.63, 3.8) is 0 Å². The molecule has 0 saturated carbocycles. The van der Waals surface area contributed by atoms with Gasteiger partial charge in [-0.1, -0.05) is 13.8 Å². The summed E-state index contributed by atoms with van der Waals surface area (Å²) in [7, 11) is 0. The van der Waals surface area contributed by atoms with E-state index in [1.807, 2.05) is 32.0 Å². The van der Waals surface area contributed by atoms with E-state index < -0.39 is 0 Å². The molecule has 1 aliphatic rings. The molecular formula is C14H19NO2. The minimum Gasteiger partial charge on any atom is -0.493 e. The van der Waals surface area contributed by atoms with Crippen molar-refractivity contribution >= 4 is 5.78 Å². The van der Waals surface area contributed by atoms with Crippen LogP contribution in [0.4, 0.5) is 0 Å². The normalized spacial score (nSPS) is 14.3. The second-order valence-electron chi connectivity index (χ2n) is 5.17. The van der Waals surface area contributed by atoms with Crippen LogP contribution in [-0.4, -0.2) is 18.9 Å². The van der Waals surface area contributed by atoms with Crippen molar-refractivity contribution in [3.05, 3.63) is 29.3 Å². The molecule has 0 bridgehead atoms. The highest BCUT2D eigenvalue weighted by atomic mass is 16.5. The maximum Gasteiger partial charge on any atom is 0.168 e. The van der Waals surface area contributed by atoms with Crippen molar-refractivity contribution in [2.45, 2.75) is 26.7 Å². The number of carbonyl (C=O) groups is 1. The highest BCUT2D eigenvalue weighted by molar-refractivity contribution is 6.00. The highest BCUT2D eigenvalue weighted by Gasteiger charge is 2.28. The zero-order valence-electron chi connectivity index (χ0n) is 10.5. The lowest BCUT2D eigenvalue weighted by atomic mass is 9.81. The molecule has 0 saturated heterocycles. The summed E-state index contributed by atoms with van der Waals surface area (Å²) in [6.07, 6.45) is 1.60. The lowest BCUT2D eigenvalue weighted by molar-refractivity contribution is 0.0829. The molecular weight excluding hydrogens is 214 g/mol. The Kier molecular flexibility index (Phi) is 3.20. The van der Waals surface area contributed by atoms with Crippen molar-refractivity contribution in [2.24, 2.45) is 11.1 Å². The number of hydrogen-bond acceptors (Lipinski definition) is 3. The van der Waals surface area contributed by atoms with Crippen LogP contribution in [0, 0.1) is 5.41 Å². The highest BCUT2D eigenvalue weighted by Crippen LogP contribution is 2.30. The number of hydrogen-bond donors (Lipinski definition) is 1. The van der Waals surface area contributed by atoms with Crippen molar-refractivity contribution < 1.29 is 9.53 Å². The van der Waals surface area contributed by atoms with Gasteiger partial charge in [-0.15, -0.1) is 0 Å². The molecule has 92 valence electrons. The smallest absolute Gasteiger partial charge is 0.168 e. The van der Waals surface area contributed by atoms with E-state index in [0.717, 1.165) is 29.9 Å². The fraction of sp³-hybridized carbons (Fsp3) is 0.500. The van der Waals surface area contributed by atoms with Crippen LogP contribution in [0.1, 0.15) is 36.2 Å². The summed E-state index contributed by atoms with van der Waals surface area (Å²) in [4.78, 5) is 12.4. The first-order chi connectivity index (χ1) is 8.04. The van der Waals surface area contributed by atoms with Crippen LogP contribution in [0.3, 0.4) is 0 Å². The number of carbonyl (C=O) groups excluding carboxylic acids is 1. The van der Waals surface area contributed by atoms with Crippen LogP contribution in [-0.2, 0) is 6.42 Å². The summed E-state index contributed by atoms with van der Waals surface area (Å²) in [6, 6.07) is 5.71. The van der Waals surface area contributed by atoms with Gasteiger partial charge in [0, 0.05) is 17.4 Å². The van der Waals surface area contributed by atoms with Gasteiger partial charge >= 0.3 is 0 Å². The summed E-state index contributed by atoms with van der Waals surface area (Å²) >= 11 is 0. The zero-order chi connectivity index (χ0) is 12.5. The molecule has 3 nitrogen and oxygen atoms in total. The number of rotatable bonds is 4. The number of ether oxygens (including phenoxy) is 1. The van der Waals surface area contributed by atoms with Gasteiger partial charge in [0.15, 0.2) is 5.78 Å². The fourth-order valence-electron chi connectivity index (χ4n) is 2.19. The van der Waals surface area contributed by atoms with Gasteiger partial charge in [0.25, 0.3) is 0 Å². The lowest BCUT2D eigenvalue weighted by Crippen LogP contribution is -2.27. The average molecular weight is 233 g/mol. The third kappa shape index (κ3) is 2.34. The predicted molar refractivity (Wildman–Crippen MR) is 67.4 cm³/mol. The van der Waals surface area contributed by atoms with E-state index in [9.17, 15) is 4.79 Å². The Hall–Kier alpha value is -1.35. The van der Waals surface area contributed by atoms with Crippen LogP contribution in [0.15, 0.2) is 18.2 Å². The summed E-state index contributed by atoms with van der Waals surface area (Å²) in [6.45, 7) is 5.16. The number of ketones is 1. The van der Waals surface area contributed by atoms with E-state index in [1.165, 1.54) is 0 Å². The molecule has 1 aliphatic heterocycles. The molecule has 0 unspecified atom stereocenters. The predicted octanol–water partition coefficient (Wildman–Crippen LogP) is 2.18. The molecule has 1 aromatic carbocycles. The maximum absolute atomic E-state index is 12.4. The molecule has 0 spiro atoms. The number of Topliss-reactive ketones (excluding diaryl/α,β-unsaturated/α-hetero) is 1. The van der Waals surface area contributed by atoms with E-state index in [4.69, 9.17) is 10.5 Å². The third-order valence-corrected chi connectivity index (χ3v) is 3.34. The van der Waals surface area contributed by atoms with Gasteiger partial charge in [-0.25, -0.2) is 0 Å². The van der Waals surface area contributed by atoms with Crippen molar-refractivity contribution in [2.75, 3.05) is 13.2 Å².